The summed E-state index contributed by atoms with van der Waals surface area (Å²) in [7, 11) is 0. The van der Waals surface area contributed by atoms with Crippen molar-refractivity contribution >= 4 is 11.5 Å². The molecule has 0 aromatic carbocycles. The Hall–Kier alpha value is -1.69. The molecule has 2 atom stereocenters. The van der Waals surface area contributed by atoms with Gasteiger partial charge in [0.05, 0.1) is 4.92 Å². The number of nitrogens with zero attached hydrogens (tertiary/aromatic N) is 3. The van der Waals surface area contributed by atoms with Crippen LogP contribution in [0.2, 0.25) is 0 Å². The summed E-state index contributed by atoms with van der Waals surface area (Å²) < 4.78 is 0. The van der Waals surface area contributed by atoms with E-state index in [0.717, 1.165) is 30.8 Å². The van der Waals surface area contributed by atoms with E-state index in [9.17, 15) is 10.1 Å². The van der Waals surface area contributed by atoms with Gasteiger partial charge in [-0.15, -0.1) is 0 Å². The van der Waals surface area contributed by atoms with Crippen LogP contribution in [0.1, 0.15) is 31.2 Å². The van der Waals surface area contributed by atoms with Crippen LogP contribution in [0.25, 0.3) is 0 Å². The molecule has 0 radical (unpaired) electrons. The molecule has 0 bridgehead atoms. The Morgan fingerprint density at radius 1 is 1.45 bits per heavy atom. The molecule has 2 aliphatic heterocycles. The Morgan fingerprint density at radius 3 is 3.05 bits per heavy atom. The largest absolute Gasteiger partial charge is 0.367 e. The van der Waals surface area contributed by atoms with Crippen molar-refractivity contribution in [3.63, 3.8) is 0 Å². The standard InChI is InChI=1S/C14H20N4O2/c1-10-7-13(18(19)20)9-15-14(10)16-11-4-6-17-5-2-3-12(17)8-11/h7,9,11-12H,2-6,8H2,1H3,(H,15,16). The Kier molecular flexibility index (Phi) is 3.56. The molecular formula is C14H20N4O2. The lowest BCUT2D eigenvalue weighted by Gasteiger charge is -2.35. The molecule has 0 spiro atoms. The van der Waals surface area contributed by atoms with E-state index in [-0.39, 0.29) is 5.69 Å². The maximum atomic E-state index is 10.7. The minimum Gasteiger partial charge on any atom is -0.367 e. The first kappa shape index (κ1) is 13.3. The van der Waals surface area contributed by atoms with Crippen LogP contribution in [-0.2, 0) is 0 Å². The summed E-state index contributed by atoms with van der Waals surface area (Å²) >= 11 is 0. The number of hydrogen-bond donors (Lipinski definition) is 1. The van der Waals surface area contributed by atoms with E-state index in [1.807, 2.05) is 6.92 Å². The number of aryl methyl sites for hydroxylation is 1. The highest BCUT2D eigenvalue weighted by Gasteiger charge is 2.31. The van der Waals surface area contributed by atoms with Gasteiger partial charge in [0, 0.05) is 24.7 Å². The highest BCUT2D eigenvalue weighted by Crippen LogP contribution is 2.29. The predicted octanol–water partition coefficient (Wildman–Crippen LogP) is 2.34. The van der Waals surface area contributed by atoms with Gasteiger partial charge in [0.15, 0.2) is 0 Å². The fraction of sp³-hybridized carbons (Fsp3) is 0.643. The molecule has 1 aromatic rings. The first-order valence-corrected chi connectivity index (χ1v) is 7.25. The van der Waals surface area contributed by atoms with Gasteiger partial charge < -0.3 is 10.2 Å². The van der Waals surface area contributed by atoms with Gasteiger partial charge in [-0.1, -0.05) is 0 Å². The van der Waals surface area contributed by atoms with Gasteiger partial charge >= 0.3 is 0 Å². The second-order valence-corrected chi connectivity index (χ2v) is 5.81. The number of pyridine rings is 1. The van der Waals surface area contributed by atoms with E-state index in [1.165, 1.54) is 25.6 Å². The Bertz CT molecular complexity index is 520. The zero-order chi connectivity index (χ0) is 14.1. The van der Waals surface area contributed by atoms with Gasteiger partial charge in [0.25, 0.3) is 5.69 Å². The van der Waals surface area contributed by atoms with Crippen LogP contribution < -0.4 is 5.32 Å². The number of rotatable bonds is 3. The van der Waals surface area contributed by atoms with Gasteiger partial charge in [-0.3, -0.25) is 10.1 Å². The van der Waals surface area contributed by atoms with Crippen molar-refractivity contribution in [1.29, 1.82) is 0 Å². The van der Waals surface area contributed by atoms with Gasteiger partial charge in [-0.25, -0.2) is 4.98 Å². The minimum atomic E-state index is -0.402. The lowest BCUT2D eigenvalue weighted by Crippen LogP contribution is -2.42. The monoisotopic (exact) mass is 276 g/mol. The van der Waals surface area contributed by atoms with Crippen LogP contribution >= 0.6 is 0 Å². The van der Waals surface area contributed by atoms with Crippen LogP contribution in [0.3, 0.4) is 0 Å². The Morgan fingerprint density at radius 2 is 2.30 bits per heavy atom. The van der Waals surface area contributed by atoms with E-state index < -0.39 is 4.92 Å². The maximum absolute atomic E-state index is 10.7. The number of nitro groups is 1. The number of aromatic nitrogens is 1. The summed E-state index contributed by atoms with van der Waals surface area (Å²) in [4.78, 5) is 17.1. The lowest BCUT2D eigenvalue weighted by atomic mass is 9.97. The third-order valence-corrected chi connectivity index (χ3v) is 4.44. The third kappa shape index (κ3) is 2.60. The Balaban J connectivity index is 1.67. The molecule has 1 aromatic heterocycles. The number of hydrogen-bond acceptors (Lipinski definition) is 5. The number of nitrogens with one attached hydrogen (secondary N) is 1. The smallest absolute Gasteiger partial charge is 0.287 e. The first-order chi connectivity index (χ1) is 9.63. The second-order valence-electron chi connectivity index (χ2n) is 5.81. The molecule has 2 aliphatic rings. The third-order valence-electron chi connectivity index (χ3n) is 4.44. The molecule has 20 heavy (non-hydrogen) atoms. The highest BCUT2D eigenvalue weighted by atomic mass is 16.6. The van der Waals surface area contributed by atoms with Crippen molar-refractivity contribution in [2.75, 3.05) is 18.4 Å². The summed E-state index contributed by atoms with van der Waals surface area (Å²) in [5.41, 5.74) is 0.895. The van der Waals surface area contributed by atoms with Crippen molar-refractivity contribution in [3.05, 3.63) is 27.9 Å². The quantitative estimate of drug-likeness (QED) is 0.677. The van der Waals surface area contributed by atoms with Crippen LogP contribution in [0.4, 0.5) is 11.5 Å². The summed E-state index contributed by atoms with van der Waals surface area (Å²) in [6, 6.07) is 2.72. The van der Waals surface area contributed by atoms with Crippen molar-refractivity contribution in [1.82, 2.24) is 9.88 Å². The highest BCUT2D eigenvalue weighted by molar-refractivity contribution is 5.48. The minimum absolute atomic E-state index is 0.0543. The Labute approximate surface area is 118 Å². The van der Waals surface area contributed by atoms with E-state index in [4.69, 9.17) is 0 Å². The average molecular weight is 276 g/mol. The lowest BCUT2D eigenvalue weighted by molar-refractivity contribution is -0.385. The molecule has 2 fully saturated rings. The predicted molar refractivity (Wildman–Crippen MR) is 76.9 cm³/mol. The first-order valence-electron chi connectivity index (χ1n) is 7.25. The van der Waals surface area contributed by atoms with Crippen LogP contribution in [0.15, 0.2) is 12.3 Å². The molecule has 0 amide bonds. The molecule has 0 aliphatic carbocycles. The van der Waals surface area contributed by atoms with E-state index in [1.54, 1.807) is 6.07 Å². The van der Waals surface area contributed by atoms with Gasteiger partial charge in [0.2, 0.25) is 0 Å². The molecule has 1 N–H and O–H groups in total. The van der Waals surface area contributed by atoms with E-state index in [2.05, 4.69) is 15.2 Å². The normalized spacial score (nSPS) is 26.2. The zero-order valence-corrected chi connectivity index (χ0v) is 11.7. The molecule has 3 rings (SSSR count). The summed E-state index contributed by atoms with van der Waals surface area (Å²) in [6.45, 7) is 4.26. The molecule has 3 heterocycles. The van der Waals surface area contributed by atoms with E-state index >= 15 is 0 Å². The van der Waals surface area contributed by atoms with Gasteiger partial charge in [-0.05, 0) is 44.7 Å². The number of piperidine rings is 1. The second kappa shape index (κ2) is 5.36. The van der Waals surface area contributed by atoms with Gasteiger partial charge in [-0.2, -0.15) is 0 Å². The zero-order valence-electron chi connectivity index (χ0n) is 11.7. The molecule has 6 heteroatoms. The fourth-order valence-electron chi connectivity index (χ4n) is 3.36. The summed E-state index contributed by atoms with van der Waals surface area (Å²) in [5, 5.41) is 14.2. The molecular weight excluding hydrogens is 256 g/mol. The molecule has 2 unspecified atom stereocenters. The molecule has 108 valence electrons. The van der Waals surface area contributed by atoms with E-state index in [0.29, 0.717) is 12.1 Å². The molecule has 2 saturated heterocycles. The maximum Gasteiger partial charge on any atom is 0.287 e. The van der Waals surface area contributed by atoms with Crippen LogP contribution in [-0.4, -0.2) is 40.0 Å². The summed E-state index contributed by atoms with van der Waals surface area (Å²) in [5.74, 6) is 0.784. The van der Waals surface area contributed by atoms with Crippen molar-refractivity contribution in [3.8, 4) is 0 Å². The number of anilines is 1. The average Bonchev–Trinajstić information content (AvgIpc) is 2.88. The molecule has 6 nitrogen and oxygen atoms in total. The van der Waals surface area contributed by atoms with Crippen LogP contribution in [0, 0.1) is 17.0 Å². The number of fused-ring (bicyclic) bond motifs is 1. The van der Waals surface area contributed by atoms with Crippen molar-refractivity contribution in [2.24, 2.45) is 0 Å². The summed E-state index contributed by atoms with van der Waals surface area (Å²) in [6.07, 6.45) is 6.21. The van der Waals surface area contributed by atoms with Crippen molar-refractivity contribution in [2.45, 2.75) is 44.7 Å². The topological polar surface area (TPSA) is 71.3 Å². The SMILES string of the molecule is Cc1cc([N+](=O)[O-])cnc1NC1CCN2CCCC2C1. The fourth-order valence-corrected chi connectivity index (χ4v) is 3.36. The van der Waals surface area contributed by atoms with Crippen LogP contribution in [0.5, 0.6) is 0 Å². The molecule has 0 saturated carbocycles. The van der Waals surface area contributed by atoms with Gasteiger partial charge in [0.1, 0.15) is 12.0 Å². The van der Waals surface area contributed by atoms with Crippen molar-refractivity contribution < 1.29 is 4.92 Å².